The van der Waals surface area contributed by atoms with Gasteiger partial charge in [-0.25, -0.2) is 9.18 Å². The molecule has 34 heavy (non-hydrogen) atoms. The van der Waals surface area contributed by atoms with E-state index in [1.54, 1.807) is 14.0 Å². The largest absolute Gasteiger partial charge is 0.478 e. The van der Waals surface area contributed by atoms with Crippen molar-refractivity contribution in [1.29, 1.82) is 0 Å². The van der Waals surface area contributed by atoms with Crippen LogP contribution in [0.15, 0.2) is 72.4 Å². The fraction of sp³-hybridized carbons (Fsp3) is 0.185. The van der Waals surface area contributed by atoms with Gasteiger partial charge in [0.05, 0.1) is 17.9 Å². The van der Waals surface area contributed by atoms with E-state index in [2.05, 4.69) is 29.2 Å². The van der Waals surface area contributed by atoms with E-state index in [4.69, 9.17) is 14.7 Å². The second-order valence-electron chi connectivity index (χ2n) is 7.68. The van der Waals surface area contributed by atoms with Crippen molar-refractivity contribution in [3.8, 4) is 11.1 Å². The summed E-state index contributed by atoms with van der Waals surface area (Å²) in [4.78, 5) is 16.5. The third-order valence-electron chi connectivity index (χ3n) is 5.31. The molecule has 7 heteroatoms. The van der Waals surface area contributed by atoms with Crippen molar-refractivity contribution < 1.29 is 23.9 Å². The number of aromatic carboxylic acids is 1. The summed E-state index contributed by atoms with van der Waals surface area (Å²) < 4.78 is 19.4. The van der Waals surface area contributed by atoms with Gasteiger partial charge in [0.15, 0.2) is 5.76 Å². The fourth-order valence-electron chi connectivity index (χ4n) is 3.58. The summed E-state index contributed by atoms with van der Waals surface area (Å²) in [5.41, 5.74) is 5.43. The highest BCUT2D eigenvalue weighted by Gasteiger charge is 2.14. The van der Waals surface area contributed by atoms with E-state index in [-0.39, 0.29) is 0 Å². The van der Waals surface area contributed by atoms with Gasteiger partial charge in [-0.2, -0.15) is 0 Å². The lowest BCUT2D eigenvalue weighted by Crippen LogP contribution is -2.07. The number of hydrogen-bond acceptors (Lipinski definition) is 5. The first-order valence-corrected chi connectivity index (χ1v) is 10.6. The number of nitrogens with one attached hydrogen (secondary N) is 1. The molecule has 3 aromatic rings. The number of hydrogen-bond donors (Lipinski definition) is 2. The van der Waals surface area contributed by atoms with Gasteiger partial charge < -0.3 is 20.0 Å². The predicted octanol–water partition coefficient (Wildman–Crippen LogP) is 5.47. The van der Waals surface area contributed by atoms with Crippen LogP contribution >= 0.6 is 0 Å². The van der Waals surface area contributed by atoms with Crippen molar-refractivity contribution in [1.82, 2.24) is 5.32 Å². The normalized spacial score (nSPS) is 11.4. The van der Waals surface area contributed by atoms with Gasteiger partial charge >= 0.3 is 5.97 Å². The van der Waals surface area contributed by atoms with E-state index in [9.17, 15) is 9.18 Å². The SMILES string of the molecule is C=C(O/N=C(\C)c1ccc(C(=O)O)c(F)c1)c1ccc(-c2ccccc2CNC)c(COC)c1. The standard InChI is InChI=1S/C27H27FN2O4/c1-17(19-9-12-25(27(31)32)26(28)14-19)30-34-18(2)20-10-11-24(22(13-20)16-33-4)23-8-6-5-7-21(23)15-29-3/h5-14,29H,2,15-16H2,1,3-4H3,(H,31,32)/b30-17+. The fourth-order valence-corrected chi connectivity index (χ4v) is 3.58. The summed E-state index contributed by atoms with van der Waals surface area (Å²) in [7, 11) is 3.55. The Hall–Kier alpha value is -3.81. The van der Waals surface area contributed by atoms with E-state index in [0.717, 1.165) is 34.9 Å². The van der Waals surface area contributed by atoms with Gasteiger partial charge in [-0.05, 0) is 54.4 Å². The van der Waals surface area contributed by atoms with Gasteiger partial charge in [0.1, 0.15) is 5.82 Å². The van der Waals surface area contributed by atoms with Gasteiger partial charge in [-0.3, -0.25) is 0 Å². The molecule has 0 spiro atoms. The zero-order valence-corrected chi connectivity index (χ0v) is 19.4. The Balaban J connectivity index is 1.85. The molecular weight excluding hydrogens is 435 g/mol. The van der Waals surface area contributed by atoms with E-state index in [1.807, 2.05) is 37.4 Å². The lowest BCUT2D eigenvalue weighted by molar-refractivity contribution is 0.0692. The number of benzene rings is 3. The van der Waals surface area contributed by atoms with Crippen molar-refractivity contribution >= 4 is 17.4 Å². The summed E-state index contributed by atoms with van der Waals surface area (Å²) in [6.07, 6.45) is 0. The average molecular weight is 463 g/mol. The molecule has 0 aliphatic rings. The number of halogens is 1. The summed E-state index contributed by atoms with van der Waals surface area (Å²) in [5.74, 6) is -1.85. The third kappa shape index (κ3) is 5.75. The van der Waals surface area contributed by atoms with Crippen LogP contribution in [0.2, 0.25) is 0 Å². The first-order valence-electron chi connectivity index (χ1n) is 10.6. The molecule has 3 rings (SSSR count). The lowest BCUT2D eigenvalue weighted by atomic mass is 9.94. The molecule has 0 saturated heterocycles. The van der Waals surface area contributed by atoms with E-state index in [1.165, 1.54) is 17.7 Å². The van der Waals surface area contributed by atoms with Crippen LogP contribution in [-0.2, 0) is 22.7 Å². The maximum Gasteiger partial charge on any atom is 0.338 e. The van der Waals surface area contributed by atoms with Crippen molar-refractivity contribution in [3.05, 3.63) is 101 Å². The molecule has 0 aliphatic carbocycles. The summed E-state index contributed by atoms with van der Waals surface area (Å²) in [6, 6.07) is 17.8. The average Bonchev–Trinajstić information content (AvgIpc) is 2.83. The minimum atomic E-state index is -1.33. The summed E-state index contributed by atoms with van der Waals surface area (Å²) >= 11 is 0. The second-order valence-corrected chi connectivity index (χ2v) is 7.68. The molecular formula is C27H27FN2O4. The highest BCUT2D eigenvalue weighted by atomic mass is 19.1. The smallest absolute Gasteiger partial charge is 0.338 e. The van der Waals surface area contributed by atoms with E-state index in [0.29, 0.717) is 23.6 Å². The Morgan fingerprint density at radius 3 is 2.44 bits per heavy atom. The van der Waals surface area contributed by atoms with Crippen molar-refractivity contribution in [2.75, 3.05) is 14.2 Å². The molecule has 0 unspecified atom stereocenters. The zero-order chi connectivity index (χ0) is 24.7. The number of carbonyl (C=O) groups is 1. The number of ether oxygens (including phenoxy) is 1. The molecule has 0 radical (unpaired) electrons. The molecule has 0 atom stereocenters. The van der Waals surface area contributed by atoms with Crippen LogP contribution in [0.1, 0.15) is 39.5 Å². The molecule has 6 nitrogen and oxygen atoms in total. The molecule has 0 saturated carbocycles. The Kier molecular flexibility index (Phi) is 8.29. The molecule has 0 fully saturated rings. The number of carboxylic acid groups (broad SMARTS) is 1. The van der Waals surface area contributed by atoms with Crippen molar-refractivity contribution in [2.45, 2.75) is 20.1 Å². The minimum Gasteiger partial charge on any atom is -0.478 e. The topological polar surface area (TPSA) is 80.2 Å². The monoisotopic (exact) mass is 462 g/mol. The van der Waals surface area contributed by atoms with Gasteiger partial charge in [-0.15, -0.1) is 0 Å². The number of oxime groups is 1. The van der Waals surface area contributed by atoms with Gasteiger partial charge in [0.2, 0.25) is 0 Å². The van der Waals surface area contributed by atoms with Gasteiger partial charge in [0, 0.05) is 24.8 Å². The highest BCUT2D eigenvalue weighted by molar-refractivity contribution is 5.99. The number of rotatable bonds is 10. The molecule has 0 aliphatic heterocycles. The van der Waals surface area contributed by atoms with Crippen LogP contribution in [0.5, 0.6) is 0 Å². The number of methoxy groups -OCH3 is 1. The van der Waals surface area contributed by atoms with E-state index < -0.39 is 17.3 Å². The molecule has 0 amide bonds. The van der Waals surface area contributed by atoms with Crippen molar-refractivity contribution in [2.24, 2.45) is 5.16 Å². The molecule has 3 aromatic carbocycles. The van der Waals surface area contributed by atoms with Crippen LogP contribution in [0, 0.1) is 5.82 Å². The maximum atomic E-state index is 14.0. The number of carboxylic acids is 1. The first kappa shape index (κ1) is 24.8. The Morgan fingerprint density at radius 2 is 1.76 bits per heavy atom. The maximum absolute atomic E-state index is 14.0. The van der Waals surface area contributed by atoms with Gasteiger partial charge in [-0.1, -0.05) is 54.2 Å². The van der Waals surface area contributed by atoms with Crippen LogP contribution in [0.25, 0.3) is 16.9 Å². The highest BCUT2D eigenvalue weighted by Crippen LogP contribution is 2.30. The van der Waals surface area contributed by atoms with E-state index >= 15 is 0 Å². The zero-order valence-electron chi connectivity index (χ0n) is 19.4. The summed E-state index contributed by atoms with van der Waals surface area (Å²) in [5, 5.41) is 16.2. The Morgan fingerprint density at radius 1 is 1.06 bits per heavy atom. The quantitative estimate of drug-likeness (QED) is 0.237. The second kappa shape index (κ2) is 11.4. The van der Waals surface area contributed by atoms with Crippen LogP contribution in [0.3, 0.4) is 0 Å². The molecule has 0 heterocycles. The third-order valence-corrected chi connectivity index (χ3v) is 5.31. The Bertz CT molecular complexity index is 1240. The molecule has 0 bridgehead atoms. The first-order chi connectivity index (χ1) is 16.3. The van der Waals surface area contributed by atoms with Crippen LogP contribution < -0.4 is 5.32 Å². The Labute approximate surface area is 198 Å². The van der Waals surface area contributed by atoms with Crippen molar-refractivity contribution in [3.63, 3.8) is 0 Å². The molecule has 0 aromatic heterocycles. The molecule has 176 valence electrons. The molecule has 2 N–H and O–H groups in total. The van der Waals surface area contributed by atoms with Gasteiger partial charge in [0.25, 0.3) is 0 Å². The number of nitrogens with zero attached hydrogens (tertiary/aromatic N) is 1. The summed E-state index contributed by atoms with van der Waals surface area (Å²) in [6.45, 7) is 6.75. The van der Waals surface area contributed by atoms with Crippen LogP contribution in [0.4, 0.5) is 4.39 Å². The minimum absolute atomic E-state index is 0.314. The van der Waals surface area contributed by atoms with Crippen LogP contribution in [-0.4, -0.2) is 30.9 Å². The lowest BCUT2D eigenvalue weighted by Gasteiger charge is -2.15. The predicted molar refractivity (Wildman–Crippen MR) is 131 cm³/mol.